The topological polar surface area (TPSA) is 74.2 Å². The van der Waals surface area contributed by atoms with E-state index in [-0.39, 0.29) is 17.1 Å². The van der Waals surface area contributed by atoms with Crippen molar-refractivity contribution in [3.63, 3.8) is 0 Å². The van der Waals surface area contributed by atoms with E-state index >= 15 is 0 Å². The second-order valence-electron chi connectivity index (χ2n) is 11.5. The van der Waals surface area contributed by atoms with Crippen molar-refractivity contribution < 1.29 is 14.3 Å². The van der Waals surface area contributed by atoms with Gasteiger partial charge in [-0.05, 0) is 47.2 Å². The van der Waals surface area contributed by atoms with Crippen LogP contribution in [0, 0.1) is 11.3 Å². The lowest BCUT2D eigenvalue weighted by atomic mass is 9.68. The Hall–Kier alpha value is -2.29. The van der Waals surface area contributed by atoms with Gasteiger partial charge in [-0.3, -0.25) is 19.5 Å². The number of morpholine rings is 1. The molecule has 208 valence electrons. The summed E-state index contributed by atoms with van der Waals surface area (Å²) < 4.78 is 5.43. The second-order valence-corrected chi connectivity index (χ2v) is 12.4. The Kier molecular flexibility index (Phi) is 8.45. The maximum atomic E-state index is 13.7. The van der Waals surface area contributed by atoms with Gasteiger partial charge < -0.3 is 15.0 Å². The summed E-state index contributed by atoms with van der Waals surface area (Å²) >= 11 is 12.9. The van der Waals surface area contributed by atoms with E-state index in [2.05, 4.69) is 24.1 Å². The zero-order chi connectivity index (χ0) is 27.7. The number of hydrogen-bond acceptors (Lipinski definition) is 6. The number of halogens is 2. The number of hydrogen-bond donors (Lipinski definition) is 1. The molecule has 5 rings (SSSR count). The number of fused-ring (bicyclic) bond motifs is 2. The lowest BCUT2D eigenvalue weighted by Gasteiger charge is -2.41. The normalized spacial score (nSPS) is 23.1. The zero-order valence-corrected chi connectivity index (χ0v) is 24.3. The molecule has 3 aliphatic rings. The Balaban J connectivity index is 1.50. The number of amides is 1. The van der Waals surface area contributed by atoms with Gasteiger partial charge in [0.05, 0.1) is 36.5 Å². The van der Waals surface area contributed by atoms with Gasteiger partial charge in [-0.1, -0.05) is 49.2 Å². The molecule has 2 heterocycles. The molecule has 0 radical (unpaired) electrons. The molecule has 39 heavy (non-hydrogen) atoms. The first kappa shape index (κ1) is 28.2. The van der Waals surface area contributed by atoms with E-state index in [4.69, 9.17) is 32.9 Å². The van der Waals surface area contributed by atoms with E-state index in [1.54, 1.807) is 17.0 Å². The third-order valence-electron chi connectivity index (χ3n) is 7.83. The Morgan fingerprint density at radius 2 is 1.90 bits per heavy atom. The highest BCUT2D eigenvalue weighted by Gasteiger charge is 2.47. The summed E-state index contributed by atoms with van der Waals surface area (Å²) in [4.78, 5) is 36.3. The molecular weight excluding hydrogens is 535 g/mol. The van der Waals surface area contributed by atoms with Crippen LogP contribution >= 0.6 is 23.2 Å². The Bertz CT molecular complexity index is 1290. The van der Waals surface area contributed by atoms with E-state index < -0.39 is 12.0 Å². The van der Waals surface area contributed by atoms with Crippen LogP contribution in [-0.4, -0.2) is 61.7 Å². The first-order valence-electron chi connectivity index (χ1n) is 13.6. The molecule has 2 fully saturated rings. The van der Waals surface area contributed by atoms with E-state index in [9.17, 15) is 9.59 Å². The highest BCUT2D eigenvalue weighted by Crippen LogP contribution is 2.49. The molecule has 1 aliphatic carbocycles. The minimum atomic E-state index is -0.603. The summed E-state index contributed by atoms with van der Waals surface area (Å²) in [6.45, 7) is 11.8. The van der Waals surface area contributed by atoms with Crippen molar-refractivity contribution in [3.8, 4) is 0 Å². The Labute approximate surface area is 240 Å². The van der Waals surface area contributed by atoms with Gasteiger partial charge in [-0.2, -0.15) is 0 Å². The van der Waals surface area contributed by atoms with Gasteiger partial charge in [-0.25, -0.2) is 0 Å². The number of anilines is 1. The van der Waals surface area contributed by atoms with E-state index in [1.807, 2.05) is 24.3 Å². The predicted octanol–water partition coefficient (Wildman–Crippen LogP) is 5.60. The van der Waals surface area contributed by atoms with Crippen LogP contribution in [-0.2, 0) is 20.9 Å². The molecule has 2 aromatic carbocycles. The molecule has 0 bridgehead atoms. The number of rotatable bonds is 6. The number of carbonyl (C=O) groups is 2. The van der Waals surface area contributed by atoms with Gasteiger partial charge in [-0.15, -0.1) is 0 Å². The summed E-state index contributed by atoms with van der Waals surface area (Å²) in [5.41, 5.74) is 3.74. The molecule has 2 aliphatic heterocycles. The quantitative estimate of drug-likeness (QED) is 0.457. The standard InChI is InChI=1S/C30H36Cl2N4O3/c1-19(37)36-26-7-4-20(18-33-8-9-35-10-12-39-13-11-35)14-24(26)34-25-16-30(2,3)17-27(38)28(25)29(36)22-6-5-21(31)15-23(22)32/h4-7,14-15,28-29,33H,8-13,16-18H2,1-3H3. The molecule has 2 aromatic rings. The van der Waals surface area contributed by atoms with Gasteiger partial charge in [0.25, 0.3) is 0 Å². The molecule has 7 nitrogen and oxygen atoms in total. The van der Waals surface area contributed by atoms with Crippen LogP contribution in [0.25, 0.3) is 0 Å². The smallest absolute Gasteiger partial charge is 0.224 e. The third-order valence-corrected chi connectivity index (χ3v) is 8.40. The Morgan fingerprint density at radius 1 is 1.13 bits per heavy atom. The first-order chi connectivity index (χ1) is 18.6. The number of Topliss-reactive ketones (excluding diaryl/α,β-unsaturated/α-hetero) is 1. The number of ketones is 1. The predicted molar refractivity (Wildman–Crippen MR) is 156 cm³/mol. The van der Waals surface area contributed by atoms with E-state index in [0.29, 0.717) is 46.4 Å². The van der Waals surface area contributed by atoms with Crippen LogP contribution in [0.2, 0.25) is 10.0 Å². The van der Waals surface area contributed by atoms with Crippen molar-refractivity contribution in [2.24, 2.45) is 16.3 Å². The van der Waals surface area contributed by atoms with Crippen LogP contribution < -0.4 is 10.2 Å². The van der Waals surface area contributed by atoms with E-state index in [1.165, 1.54) is 6.92 Å². The third kappa shape index (κ3) is 6.23. The number of nitrogens with zero attached hydrogens (tertiary/aromatic N) is 3. The maximum Gasteiger partial charge on any atom is 0.224 e. The molecule has 1 saturated heterocycles. The SMILES string of the molecule is CC(=O)N1c2ccc(CNCCN3CCOCC3)cc2N=C2CC(C)(C)CC(=O)C2C1c1ccc(Cl)cc1Cl. The van der Waals surface area contributed by atoms with Crippen LogP contribution in [0.4, 0.5) is 11.4 Å². The molecule has 0 aromatic heterocycles. The maximum absolute atomic E-state index is 13.7. The first-order valence-corrected chi connectivity index (χ1v) is 14.4. The van der Waals surface area contributed by atoms with Crippen LogP contribution in [0.15, 0.2) is 41.4 Å². The fraction of sp³-hybridized carbons (Fsp3) is 0.500. The summed E-state index contributed by atoms with van der Waals surface area (Å²) in [6.07, 6.45) is 1.08. The number of aliphatic imine (C=N–C) groups is 1. The van der Waals surface area contributed by atoms with E-state index in [0.717, 1.165) is 50.7 Å². The fourth-order valence-corrected chi connectivity index (χ4v) is 6.56. The second kappa shape index (κ2) is 11.7. The monoisotopic (exact) mass is 570 g/mol. The lowest BCUT2D eigenvalue weighted by molar-refractivity contribution is -0.124. The van der Waals surface area contributed by atoms with Crippen LogP contribution in [0.1, 0.15) is 50.8 Å². The summed E-state index contributed by atoms with van der Waals surface area (Å²) in [7, 11) is 0. The highest BCUT2D eigenvalue weighted by atomic mass is 35.5. The molecule has 2 unspecified atom stereocenters. The van der Waals surface area contributed by atoms with Gasteiger partial charge in [0.15, 0.2) is 0 Å². The largest absolute Gasteiger partial charge is 0.379 e. The summed E-state index contributed by atoms with van der Waals surface area (Å²) in [5.74, 6) is -0.675. The minimum absolute atomic E-state index is 0.0741. The number of nitrogens with one attached hydrogen (secondary N) is 1. The summed E-state index contributed by atoms with van der Waals surface area (Å²) in [5, 5.41) is 4.47. The zero-order valence-electron chi connectivity index (χ0n) is 22.8. The van der Waals surface area contributed by atoms with Crippen LogP contribution in [0.5, 0.6) is 0 Å². The number of ether oxygens (including phenoxy) is 1. The molecule has 1 saturated carbocycles. The molecule has 1 amide bonds. The van der Waals surface area contributed by atoms with Crippen molar-refractivity contribution in [2.75, 3.05) is 44.3 Å². The van der Waals surface area contributed by atoms with Crippen molar-refractivity contribution >= 4 is 52.0 Å². The van der Waals surface area contributed by atoms with Crippen LogP contribution in [0.3, 0.4) is 0 Å². The Morgan fingerprint density at radius 3 is 2.62 bits per heavy atom. The fourth-order valence-electron chi connectivity index (χ4n) is 6.04. The van der Waals surface area contributed by atoms with Gasteiger partial charge in [0.1, 0.15) is 5.78 Å². The lowest BCUT2D eigenvalue weighted by Crippen LogP contribution is -2.47. The van der Waals surface area contributed by atoms with Crippen molar-refractivity contribution in [1.29, 1.82) is 0 Å². The van der Waals surface area contributed by atoms with Gasteiger partial charge in [0.2, 0.25) is 5.91 Å². The number of carbonyl (C=O) groups excluding carboxylic acids is 2. The molecule has 1 N–H and O–H groups in total. The van der Waals surface area contributed by atoms with Crippen molar-refractivity contribution in [1.82, 2.24) is 10.2 Å². The average molecular weight is 572 g/mol. The van der Waals surface area contributed by atoms with Gasteiger partial charge in [0, 0.05) is 61.8 Å². The molecule has 9 heteroatoms. The van der Waals surface area contributed by atoms with Crippen molar-refractivity contribution in [3.05, 3.63) is 57.6 Å². The average Bonchev–Trinajstić information content (AvgIpc) is 3.00. The van der Waals surface area contributed by atoms with Gasteiger partial charge >= 0.3 is 0 Å². The minimum Gasteiger partial charge on any atom is -0.379 e. The van der Waals surface area contributed by atoms with Crippen molar-refractivity contribution in [2.45, 2.75) is 46.2 Å². The highest BCUT2D eigenvalue weighted by molar-refractivity contribution is 6.35. The molecule has 2 atom stereocenters. The molecular formula is C30H36Cl2N4O3. The number of benzene rings is 2. The molecule has 0 spiro atoms. The summed E-state index contributed by atoms with van der Waals surface area (Å²) in [6, 6.07) is 10.7.